The number of amides is 1. The minimum atomic E-state index is -3.72. The molecule has 1 saturated carbocycles. The summed E-state index contributed by atoms with van der Waals surface area (Å²) in [5.41, 5.74) is 0.681. The number of carbonyl (C=O) groups excluding carboxylic acids is 1. The molecule has 1 aromatic heterocycles. The highest BCUT2D eigenvalue weighted by Gasteiger charge is 2.40. The van der Waals surface area contributed by atoms with Crippen molar-refractivity contribution in [2.45, 2.75) is 29.0 Å². The number of hydrogen-bond donors (Lipinski definition) is 1. The first kappa shape index (κ1) is 18.4. The van der Waals surface area contributed by atoms with Gasteiger partial charge in [0.15, 0.2) is 0 Å². The Morgan fingerprint density at radius 1 is 1.24 bits per heavy atom. The van der Waals surface area contributed by atoms with Crippen LogP contribution in [-0.4, -0.2) is 32.2 Å². The van der Waals surface area contributed by atoms with Crippen LogP contribution in [0, 0.1) is 0 Å². The van der Waals surface area contributed by atoms with Gasteiger partial charge in [-0.1, -0.05) is 41.9 Å². The molecule has 1 aliphatic rings. The smallest absolute Gasteiger partial charge is 0.252 e. The van der Waals surface area contributed by atoms with E-state index in [4.69, 9.17) is 11.6 Å². The van der Waals surface area contributed by atoms with E-state index < -0.39 is 10.0 Å². The number of nitrogens with zero attached hydrogens (tertiary/aromatic N) is 1. The van der Waals surface area contributed by atoms with Crippen molar-refractivity contribution >= 4 is 38.9 Å². The Hall–Kier alpha value is -1.41. The third kappa shape index (κ3) is 3.74. The number of halogens is 1. The van der Waals surface area contributed by atoms with Crippen molar-refractivity contribution in [3.05, 3.63) is 52.4 Å². The predicted octanol–water partition coefficient (Wildman–Crippen LogP) is 3.22. The van der Waals surface area contributed by atoms with Gasteiger partial charge < -0.3 is 5.32 Å². The first-order valence-electron chi connectivity index (χ1n) is 7.92. The Morgan fingerprint density at radius 3 is 2.44 bits per heavy atom. The van der Waals surface area contributed by atoms with E-state index in [-0.39, 0.29) is 22.2 Å². The van der Waals surface area contributed by atoms with Crippen LogP contribution in [0.2, 0.25) is 4.34 Å². The topological polar surface area (TPSA) is 66.5 Å². The van der Waals surface area contributed by atoms with Crippen LogP contribution in [0.5, 0.6) is 0 Å². The maximum atomic E-state index is 12.5. The molecule has 25 heavy (non-hydrogen) atoms. The number of carbonyl (C=O) groups is 1. The zero-order chi connectivity index (χ0) is 18.1. The summed E-state index contributed by atoms with van der Waals surface area (Å²) >= 11 is 6.79. The van der Waals surface area contributed by atoms with Gasteiger partial charge in [-0.05, 0) is 37.0 Å². The van der Waals surface area contributed by atoms with Crippen LogP contribution in [0.1, 0.15) is 24.8 Å². The molecule has 8 heteroatoms. The van der Waals surface area contributed by atoms with Gasteiger partial charge in [-0.15, -0.1) is 11.3 Å². The fourth-order valence-corrected chi connectivity index (χ4v) is 5.78. The average Bonchev–Trinajstić information content (AvgIpc) is 2.99. The molecule has 0 aliphatic heterocycles. The van der Waals surface area contributed by atoms with Gasteiger partial charge in [-0.25, -0.2) is 8.42 Å². The van der Waals surface area contributed by atoms with Gasteiger partial charge >= 0.3 is 0 Å². The summed E-state index contributed by atoms with van der Waals surface area (Å²) in [7, 11) is -2.31. The normalized spacial score (nSPS) is 16.4. The highest BCUT2D eigenvalue weighted by molar-refractivity contribution is 7.91. The van der Waals surface area contributed by atoms with Crippen molar-refractivity contribution in [3.63, 3.8) is 0 Å². The molecule has 1 fully saturated rings. The molecule has 2 aromatic rings. The van der Waals surface area contributed by atoms with Crippen molar-refractivity contribution in [2.75, 3.05) is 13.6 Å². The molecule has 1 aromatic carbocycles. The second-order valence-electron chi connectivity index (χ2n) is 6.17. The first-order valence-corrected chi connectivity index (χ1v) is 10.6. The van der Waals surface area contributed by atoms with Crippen LogP contribution in [0.4, 0.5) is 0 Å². The fraction of sp³-hybridized carbons (Fsp3) is 0.353. The number of benzene rings is 1. The molecule has 0 atom stereocenters. The van der Waals surface area contributed by atoms with E-state index in [0.717, 1.165) is 40.5 Å². The Labute approximate surface area is 156 Å². The predicted molar refractivity (Wildman–Crippen MR) is 99.3 cm³/mol. The van der Waals surface area contributed by atoms with Gasteiger partial charge in [-0.2, -0.15) is 4.31 Å². The summed E-state index contributed by atoms with van der Waals surface area (Å²) in [4.78, 5) is 12.5. The largest absolute Gasteiger partial charge is 0.345 e. The molecule has 1 N–H and O–H groups in total. The molecule has 0 unspecified atom stereocenters. The molecule has 0 radical (unpaired) electrons. The quantitative estimate of drug-likeness (QED) is 0.812. The van der Waals surface area contributed by atoms with Gasteiger partial charge in [0, 0.05) is 7.05 Å². The van der Waals surface area contributed by atoms with E-state index >= 15 is 0 Å². The summed E-state index contributed by atoms with van der Waals surface area (Å²) in [6.45, 7) is -0.230. The SMILES string of the molecule is CN(CC(=O)NC1(c2ccccc2)CCC1)S(=O)(=O)c1ccc(Cl)s1. The Morgan fingerprint density at radius 2 is 1.92 bits per heavy atom. The average molecular weight is 399 g/mol. The summed E-state index contributed by atoms with van der Waals surface area (Å²) in [6, 6.07) is 12.8. The third-order valence-electron chi connectivity index (χ3n) is 4.49. The first-order chi connectivity index (χ1) is 11.8. The van der Waals surface area contributed by atoms with Crippen LogP contribution >= 0.6 is 22.9 Å². The van der Waals surface area contributed by atoms with Crippen LogP contribution in [-0.2, 0) is 20.4 Å². The maximum Gasteiger partial charge on any atom is 0.252 e. The molecule has 1 heterocycles. The van der Waals surface area contributed by atoms with E-state index in [1.807, 2.05) is 30.3 Å². The van der Waals surface area contributed by atoms with Crippen LogP contribution < -0.4 is 5.32 Å². The Kier molecular flexibility index (Phi) is 5.20. The number of hydrogen-bond acceptors (Lipinski definition) is 4. The number of nitrogens with one attached hydrogen (secondary N) is 1. The van der Waals surface area contributed by atoms with Gasteiger partial charge in [0.25, 0.3) is 10.0 Å². The van der Waals surface area contributed by atoms with Crippen molar-refractivity contribution in [3.8, 4) is 0 Å². The number of thiophene rings is 1. The van der Waals surface area contributed by atoms with Crippen LogP contribution in [0.15, 0.2) is 46.7 Å². The molecule has 0 saturated heterocycles. The van der Waals surface area contributed by atoms with Crippen molar-refractivity contribution < 1.29 is 13.2 Å². The third-order valence-corrected chi connectivity index (χ3v) is 7.99. The molecule has 0 spiro atoms. The minimum Gasteiger partial charge on any atom is -0.345 e. The van der Waals surface area contributed by atoms with E-state index in [1.165, 1.54) is 19.2 Å². The molecular formula is C17H19ClN2O3S2. The molecular weight excluding hydrogens is 380 g/mol. The lowest BCUT2D eigenvalue weighted by atomic mass is 9.72. The van der Waals surface area contributed by atoms with Gasteiger partial charge in [-0.3, -0.25) is 4.79 Å². The van der Waals surface area contributed by atoms with E-state index in [0.29, 0.717) is 4.34 Å². The number of sulfonamides is 1. The van der Waals surface area contributed by atoms with Crippen molar-refractivity contribution in [1.29, 1.82) is 0 Å². The summed E-state index contributed by atoms with van der Waals surface area (Å²) in [5.74, 6) is -0.308. The van der Waals surface area contributed by atoms with E-state index in [1.54, 1.807) is 0 Å². The highest BCUT2D eigenvalue weighted by Crippen LogP contribution is 2.41. The van der Waals surface area contributed by atoms with E-state index in [9.17, 15) is 13.2 Å². The standard InChI is InChI=1S/C17H19ClN2O3S2/c1-20(25(22,23)16-9-8-14(18)24-16)12-15(21)19-17(10-5-11-17)13-6-3-2-4-7-13/h2-4,6-9H,5,10-12H2,1H3,(H,19,21). The molecule has 0 bridgehead atoms. The molecule has 1 aliphatic carbocycles. The number of likely N-dealkylation sites (N-methyl/N-ethyl adjacent to an activating group) is 1. The summed E-state index contributed by atoms with van der Waals surface area (Å²) in [5, 5.41) is 3.04. The monoisotopic (exact) mass is 398 g/mol. The lowest BCUT2D eigenvalue weighted by Gasteiger charge is -2.43. The maximum absolute atomic E-state index is 12.5. The second kappa shape index (κ2) is 7.07. The molecule has 3 rings (SSSR count). The van der Waals surface area contributed by atoms with Crippen LogP contribution in [0.25, 0.3) is 0 Å². The lowest BCUT2D eigenvalue weighted by Crippen LogP contribution is -2.53. The van der Waals surface area contributed by atoms with Crippen molar-refractivity contribution in [2.24, 2.45) is 0 Å². The Bertz CT molecular complexity index is 861. The van der Waals surface area contributed by atoms with E-state index in [2.05, 4.69) is 5.32 Å². The summed E-state index contributed by atoms with van der Waals surface area (Å²) in [6.07, 6.45) is 2.76. The van der Waals surface area contributed by atoms with Gasteiger partial charge in [0.1, 0.15) is 4.21 Å². The lowest BCUT2D eigenvalue weighted by molar-refractivity contribution is -0.124. The fourth-order valence-electron chi connectivity index (χ4n) is 2.96. The Balaban J connectivity index is 1.70. The summed E-state index contributed by atoms with van der Waals surface area (Å²) < 4.78 is 26.6. The molecule has 1 amide bonds. The van der Waals surface area contributed by atoms with Crippen LogP contribution in [0.3, 0.4) is 0 Å². The van der Waals surface area contributed by atoms with Gasteiger partial charge in [0.2, 0.25) is 5.91 Å². The molecule has 5 nitrogen and oxygen atoms in total. The number of rotatable bonds is 6. The van der Waals surface area contributed by atoms with Gasteiger partial charge in [0.05, 0.1) is 16.4 Å². The van der Waals surface area contributed by atoms with Crippen molar-refractivity contribution in [1.82, 2.24) is 9.62 Å². The molecule has 134 valence electrons. The minimum absolute atomic E-state index is 0.134. The zero-order valence-electron chi connectivity index (χ0n) is 13.7. The zero-order valence-corrected chi connectivity index (χ0v) is 16.1. The second-order valence-corrected chi connectivity index (χ2v) is 10.2. The highest BCUT2D eigenvalue weighted by atomic mass is 35.5.